The number of carboxylic acids is 1. The topological polar surface area (TPSA) is 376 Å². The summed E-state index contributed by atoms with van der Waals surface area (Å²) in [7, 11) is 0. The molecule has 3 saturated heterocycles. The number of aliphatic carboxylic acids is 1. The summed E-state index contributed by atoms with van der Waals surface area (Å²) in [5, 5.41) is 109. The van der Waals surface area contributed by atoms with Crippen LogP contribution in [0.25, 0.3) is 0 Å². The van der Waals surface area contributed by atoms with Crippen molar-refractivity contribution >= 4 is 29.7 Å². The van der Waals surface area contributed by atoms with Crippen molar-refractivity contribution in [3.8, 4) is 0 Å². The van der Waals surface area contributed by atoms with Gasteiger partial charge in [-0.3, -0.25) is 19.2 Å². The summed E-state index contributed by atoms with van der Waals surface area (Å²) < 4.78 is 37.5. The standard InChI is InChI=1S/C29H46N2O22/c1-9(34)30-18-20(41)24(14(5-32)50-26(18)44)52-27-22(43)21(42)19(40)15(51-27)8-48-29(28(45)46)4-12(37)17(31-16(39)6-33)25(53-29)23(49-11(3)36)13(38)7-47-10(2)35/h12-15,17-27,32-33,37-38,40-44H,4-8H2,1-3H3,(H,30,34)(H,31,39)(H,45,46)/t12-,13+,14+,15+,17+,18+,19-,20+,21-,22+,23+,24+,25+,26?,27-,29+/m0/s1. The van der Waals surface area contributed by atoms with Gasteiger partial charge in [-0.1, -0.05) is 0 Å². The van der Waals surface area contributed by atoms with E-state index in [2.05, 4.69) is 10.6 Å². The molecular formula is C29H46N2O22. The van der Waals surface area contributed by atoms with Crippen molar-refractivity contribution in [2.24, 2.45) is 0 Å². The smallest absolute Gasteiger partial charge is 0.364 e. The normalized spacial score (nSPS) is 38.5. The SMILES string of the molecule is CC(=O)N[C@H]1C(O)O[C@H](CO)[C@@H](O[C@@H]2O[C@H](CO[C@]3(C(=O)O)C[C@H](O)[C@@H](NC(=O)CO)[C@H]([C@H](OC(C)=O)[C@H](O)COC(C)=O)O3)[C@H](O)[C@H](O)[C@H]2O)[C@@H]1O. The second-order valence-corrected chi connectivity index (χ2v) is 12.5. The van der Waals surface area contributed by atoms with Crippen molar-refractivity contribution in [3.05, 3.63) is 0 Å². The van der Waals surface area contributed by atoms with Crippen molar-refractivity contribution in [1.29, 1.82) is 0 Å². The molecule has 0 aromatic heterocycles. The number of carbonyl (C=O) groups excluding carboxylic acids is 4. The van der Waals surface area contributed by atoms with Gasteiger partial charge in [0.05, 0.1) is 25.4 Å². The molecule has 2 amide bonds. The second kappa shape index (κ2) is 18.9. The summed E-state index contributed by atoms with van der Waals surface area (Å²) >= 11 is 0. The van der Waals surface area contributed by atoms with E-state index in [1.54, 1.807) is 0 Å². The van der Waals surface area contributed by atoms with Crippen LogP contribution in [0.1, 0.15) is 27.2 Å². The van der Waals surface area contributed by atoms with E-state index in [1.165, 1.54) is 0 Å². The zero-order valence-electron chi connectivity index (χ0n) is 28.6. The average Bonchev–Trinajstić information content (AvgIpc) is 3.09. The Hall–Kier alpha value is -3.21. The largest absolute Gasteiger partial charge is 0.477 e. The Morgan fingerprint density at radius 2 is 1.51 bits per heavy atom. The summed E-state index contributed by atoms with van der Waals surface area (Å²) in [5.74, 6) is -8.73. The number of rotatable bonds is 15. The number of amides is 2. The number of carboxylic acid groups (broad SMARTS) is 1. The second-order valence-electron chi connectivity index (χ2n) is 12.5. The third-order valence-corrected chi connectivity index (χ3v) is 8.52. The number of carbonyl (C=O) groups is 5. The minimum atomic E-state index is -2.98. The molecule has 0 aromatic rings. The number of ether oxygens (including phenoxy) is 7. The highest BCUT2D eigenvalue weighted by atomic mass is 16.8. The van der Waals surface area contributed by atoms with Crippen LogP contribution in [-0.2, 0) is 57.1 Å². The van der Waals surface area contributed by atoms with Crippen molar-refractivity contribution in [3.63, 3.8) is 0 Å². The lowest BCUT2D eigenvalue weighted by Gasteiger charge is -2.48. The van der Waals surface area contributed by atoms with Gasteiger partial charge in [0, 0.05) is 27.2 Å². The van der Waals surface area contributed by atoms with Crippen molar-refractivity contribution in [2.75, 3.05) is 26.4 Å². The fourth-order valence-electron chi connectivity index (χ4n) is 5.97. The van der Waals surface area contributed by atoms with Crippen LogP contribution in [-0.4, -0.2) is 205 Å². The summed E-state index contributed by atoms with van der Waals surface area (Å²) in [5.41, 5.74) is 0. The van der Waals surface area contributed by atoms with Crippen LogP contribution < -0.4 is 10.6 Å². The third-order valence-electron chi connectivity index (χ3n) is 8.52. The van der Waals surface area contributed by atoms with Crippen molar-refractivity contribution in [2.45, 2.75) is 125 Å². The van der Waals surface area contributed by atoms with E-state index in [4.69, 9.17) is 33.2 Å². The molecule has 0 aliphatic carbocycles. The lowest BCUT2D eigenvalue weighted by molar-refractivity contribution is -0.358. The van der Waals surface area contributed by atoms with Gasteiger partial charge < -0.3 is 94.9 Å². The first-order valence-electron chi connectivity index (χ1n) is 16.1. The Kier molecular flexibility index (Phi) is 15.8. The van der Waals surface area contributed by atoms with Crippen LogP contribution in [0, 0.1) is 0 Å². The molecule has 0 radical (unpaired) electrons. The first-order chi connectivity index (χ1) is 24.8. The molecule has 1 unspecified atom stereocenters. The summed E-state index contributed by atoms with van der Waals surface area (Å²) in [6.45, 7) is -0.976. The average molecular weight is 775 g/mol. The maximum atomic E-state index is 12.8. The monoisotopic (exact) mass is 774 g/mol. The van der Waals surface area contributed by atoms with Crippen LogP contribution in [0.4, 0.5) is 0 Å². The molecule has 24 nitrogen and oxygen atoms in total. The van der Waals surface area contributed by atoms with Gasteiger partial charge >= 0.3 is 17.9 Å². The molecule has 304 valence electrons. The zero-order chi connectivity index (χ0) is 39.9. The number of esters is 2. The minimum absolute atomic E-state index is 0.701. The van der Waals surface area contributed by atoms with Gasteiger partial charge in [-0.05, 0) is 0 Å². The van der Waals surface area contributed by atoms with E-state index in [-0.39, 0.29) is 0 Å². The molecular weight excluding hydrogens is 728 g/mol. The van der Waals surface area contributed by atoms with Gasteiger partial charge in [0.25, 0.3) is 5.79 Å². The number of nitrogens with one attached hydrogen (secondary N) is 2. The first-order valence-corrected chi connectivity index (χ1v) is 16.1. The fourth-order valence-corrected chi connectivity index (χ4v) is 5.97. The lowest BCUT2D eigenvalue weighted by atomic mass is 9.88. The molecule has 3 aliphatic rings. The van der Waals surface area contributed by atoms with Crippen LogP contribution in [0.15, 0.2) is 0 Å². The van der Waals surface area contributed by atoms with E-state index in [0.717, 1.165) is 20.8 Å². The van der Waals surface area contributed by atoms with Gasteiger partial charge in [-0.2, -0.15) is 0 Å². The Morgan fingerprint density at radius 1 is 0.849 bits per heavy atom. The zero-order valence-corrected chi connectivity index (χ0v) is 28.6. The molecule has 0 bridgehead atoms. The van der Waals surface area contributed by atoms with Crippen molar-refractivity contribution in [1.82, 2.24) is 10.6 Å². The minimum Gasteiger partial charge on any atom is -0.477 e. The molecule has 24 heteroatoms. The van der Waals surface area contributed by atoms with Gasteiger partial charge in [0.2, 0.25) is 11.8 Å². The van der Waals surface area contributed by atoms with Gasteiger partial charge in [-0.15, -0.1) is 0 Å². The first kappa shape index (κ1) is 44.2. The molecule has 0 spiro atoms. The summed E-state index contributed by atoms with van der Waals surface area (Å²) in [6, 6.07) is -3.22. The predicted octanol–water partition coefficient (Wildman–Crippen LogP) is -7.97. The maximum absolute atomic E-state index is 12.8. The third kappa shape index (κ3) is 10.7. The van der Waals surface area contributed by atoms with Crippen molar-refractivity contribution < 1.29 is 108 Å². The van der Waals surface area contributed by atoms with Gasteiger partial charge in [0.1, 0.15) is 74.2 Å². The molecule has 0 saturated carbocycles. The molecule has 53 heavy (non-hydrogen) atoms. The highest BCUT2D eigenvalue weighted by Crippen LogP contribution is 2.36. The quantitative estimate of drug-likeness (QED) is 0.0687. The van der Waals surface area contributed by atoms with E-state index in [1.807, 2.05) is 0 Å². The Balaban J connectivity index is 1.91. The molecule has 3 aliphatic heterocycles. The molecule has 16 atom stereocenters. The van der Waals surface area contributed by atoms with Gasteiger partial charge in [-0.25, -0.2) is 4.79 Å². The Bertz CT molecular complexity index is 1290. The lowest BCUT2D eigenvalue weighted by Crippen LogP contribution is -2.69. The predicted molar refractivity (Wildman–Crippen MR) is 162 cm³/mol. The summed E-state index contributed by atoms with van der Waals surface area (Å²) in [6.07, 6.45) is -25.8. The van der Waals surface area contributed by atoms with Crippen LogP contribution >= 0.6 is 0 Å². The van der Waals surface area contributed by atoms with E-state index >= 15 is 0 Å². The van der Waals surface area contributed by atoms with E-state index in [0.29, 0.717) is 0 Å². The van der Waals surface area contributed by atoms with E-state index in [9.17, 15) is 75.0 Å². The van der Waals surface area contributed by atoms with Crippen LogP contribution in [0.5, 0.6) is 0 Å². The van der Waals surface area contributed by atoms with Crippen LogP contribution in [0.3, 0.4) is 0 Å². The highest BCUT2D eigenvalue weighted by Gasteiger charge is 2.58. The molecule has 3 rings (SSSR count). The number of aliphatic hydroxyl groups is 9. The fraction of sp³-hybridized carbons (Fsp3) is 0.828. The Labute approximate surface area is 300 Å². The molecule has 3 fully saturated rings. The number of hydrogen-bond acceptors (Lipinski definition) is 21. The highest BCUT2D eigenvalue weighted by molar-refractivity contribution is 5.78. The number of hydrogen-bond donors (Lipinski definition) is 12. The molecule has 3 heterocycles. The molecule has 0 aromatic carbocycles. The maximum Gasteiger partial charge on any atom is 0.364 e. The summed E-state index contributed by atoms with van der Waals surface area (Å²) in [4.78, 5) is 60.0. The van der Waals surface area contributed by atoms with Gasteiger partial charge in [0.15, 0.2) is 18.7 Å². The number of aliphatic hydroxyl groups excluding tert-OH is 9. The van der Waals surface area contributed by atoms with E-state index < -0.39 is 160 Å². The van der Waals surface area contributed by atoms with Crippen LogP contribution in [0.2, 0.25) is 0 Å². The molecule has 12 N–H and O–H groups in total. The Morgan fingerprint density at radius 3 is 2.06 bits per heavy atom.